The molecule has 0 radical (unpaired) electrons. The summed E-state index contributed by atoms with van der Waals surface area (Å²) in [7, 11) is 0. The fourth-order valence-corrected chi connectivity index (χ4v) is 3.35. The van der Waals surface area contributed by atoms with Gasteiger partial charge in [0, 0.05) is 6.07 Å². The van der Waals surface area contributed by atoms with Crippen molar-refractivity contribution in [2.24, 2.45) is 0 Å². The highest BCUT2D eigenvalue weighted by atomic mass is 79.9. The summed E-state index contributed by atoms with van der Waals surface area (Å²) in [6.07, 6.45) is 1.23. The van der Waals surface area contributed by atoms with Crippen molar-refractivity contribution >= 4 is 44.5 Å². The zero-order valence-corrected chi connectivity index (χ0v) is 17.7. The van der Waals surface area contributed by atoms with E-state index in [-0.39, 0.29) is 22.5 Å². The van der Waals surface area contributed by atoms with Crippen LogP contribution in [0.15, 0.2) is 92.7 Å². The second-order valence-electron chi connectivity index (χ2n) is 6.31. The number of para-hydroxylation sites is 1. The molecule has 4 aromatic rings. The van der Waals surface area contributed by atoms with Gasteiger partial charge >= 0.3 is 5.97 Å². The van der Waals surface area contributed by atoms with Gasteiger partial charge in [0.25, 0.3) is 0 Å². The maximum Gasteiger partial charge on any atom is 0.334 e. The molecule has 150 valence electrons. The second kappa shape index (κ2) is 8.73. The minimum Gasteiger partial charge on any atom is -0.460 e. The van der Waals surface area contributed by atoms with Crippen molar-refractivity contribution in [1.29, 1.82) is 0 Å². The van der Waals surface area contributed by atoms with Gasteiger partial charge < -0.3 is 13.9 Å². The van der Waals surface area contributed by atoms with Gasteiger partial charge in [-0.05, 0) is 45.8 Å². The highest BCUT2D eigenvalue weighted by Gasteiger charge is 2.20. The maximum atomic E-state index is 12.7. The van der Waals surface area contributed by atoms with E-state index in [2.05, 4.69) is 15.9 Å². The highest BCUT2D eigenvalue weighted by molar-refractivity contribution is 9.10. The molecule has 0 aliphatic heterocycles. The molecule has 0 aliphatic rings. The third kappa shape index (κ3) is 4.25. The molecular weight excluding hydrogens is 472 g/mol. The van der Waals surface area contributed by atoms with E-state index in [1.165, 1.54) is 24.5 Å². The van der Waals surface area contributed by atoms with Crippen LogP contribution in [0.1, 0.15) is 10.9 Å². The summed E-state index contributed by atoms with van der Waals surface area (Å²) in [4.78, 5) is 25.1. The first kappa shape index (κ1) is 20.2. The minimum absolute atomic E-state index is 0.0454. The van der Waals surface area contributed by atoms with Gasteiger partial charge in [0.05, 0.1) is 9.86 Å². The normalized spacial score (nSPS) is 11.8. The molecule has 1 aromatic heterocycles. The number of hydrogen-bond acceptors (Lipinski definition) is 5. The summed E-state index contributed by atoms with van der Waals surface area (Å²) in [5.74, 6) is 0.128. The topological polar surface area (TPSA) is 65.7 Å². The number of rotatable bonds is 5. The van der Waals surface area contributed by atoms with E-state index in [1.54, 1.807) is 42.5 Å². The monoisotopic (exact) mass is 484 g/mol. The average Bonchev–Trinajstić information content (AvgIpc) is 2.77. The molecule has 5 nitrogen and oxygen atoms in total. The van der Waals surface area contributed by atoms with Crippen LogP contribution in [-0.4, -0.2) is 5.97 Å². The molecule has 0 amide bonds. The molecule has 1 unspecified atom stereocenters. The number of hydrogen-bond donors (Lipinski definition) is 0. The number of halogens is 2. The smallest absolute Gasteiger partial charge is 0.334 e. The molecule has 0 spiro atoms. The van der Waals surface area contributed by atoms with Crippen LogP contribution in [0, 0.1) is 0 Å². The van der Waals surface area contributed by atoms with Gasteiger partial charge in [-0.2, -0.15) is 0 Å². The average molecular weight is 486 g/mol. The third-order valence-electron chi connectivity index (χ3n) is 4.29. The van der Waals surface area contributed by atoms with Crippen molar-refractivity contribution < 1.29 is 18.7 Å². The van der Waals surface area contributed by atoms with Crippen molar-refractivity contribution in [2.75, 3.05) is 0 Å². The van der Waals surface area contributed by atoms with Crippen molar-refractivity contribution in [3.05, 3.63) is 99.3 Å². The van der Waals surface area contributed by atoms with Crippen LogP contribution < -0.4 is 14.9 Å². The Labute approximate surface area is 184 Å². The van der Waals surface area contributed by atoms with E-state index >= 15 is 0 Å². The Kier molecular flexibility index (Phi) is 5.88. The van der Waals surface area contributed by atoms with Crippen molar-refractivity contribution in [2.45, 2.75) is 5.38 Å². The van der Waals surface area contributed by atoms with Gasteiger partial charge in [-0.3, -0.25) is 4.79 Å². The Morgan fingerprint density at radius 3 is 2.47 bits per heavy atom. The van der Waals surface area contributed by atoms with Crippen LogP contribution in [-0.2, 0) is 4.79 Å². The lowest BCUT2D eigenvalue weighted by molar-refractivity contribution is -0.134. The number of ether oxygens (including phenoxy) is 2. The minimum atomic E-state index is -0.950. The number of alkyl halides is 1. The van der Waals surface area contributed by atoms with Crippen LogP contribution in [0.2, 0.25) is 0 Å². The molecule has 3 aromatic carbocycles. The molecule has 1 heterocycles. The quantitative estimate of drug-likeness (QED) is 0.190. The fraction of sp³-hybridized carbons (Fsp3) is 0.0435. The van der Waals surface area contributed by atoms with Crippen LogP contribution in [0.5, 0.6) is 17.2 Å². The first-order valence-electron chi connectivity index (χ1n) is 8.91. The fourth-order valence-electron chi connectivity index (χ4n) is 2.80. The lowest BCUT2D eigenvalue weighted by atomic mass is 10.1. The summed E-state index contributed by atoms with van der Waals surface area (Å²) in [5, 5.41) is -0.654. The molecule has 1 atom stereocenters. The summed E-state index contributed by atoms with van der Waals surface area (Å²) < 4.78 is 17.3. The zero-order chi connectivity index (χ0) is 21.1. The van der Waals surface area contributed by atoms with E-state index in [9.17, 15) is 9.59 Å². The Morgan fingerprint density at radius 1 is 0.967 bits per heavy atom. The SMILES string of the molecule is O=C(Oc1ccc2c(=O)c(Oc3ccccc3Br)coc2c1)C(Cl)c1ccccc1. The Morgan fingerprint density at radius 2 is 1.70 bits per heavy atom. The van der Waals surface area contributed by atoms with Crippen LogP contribution in [0.4, 0.5) is 0 Å². The number of fused-ring (bicyclic) bond motifs is 1. The molecule has 0 saturated carbocycles. The molecule has 0 fully saturated rings. The second-order valence-corrected chi connectivity index (χ2v) is 7.60. The van der Waals surface area contributed by atoms with Gasteiger partial charge in [0.15, 0.2) is 5.38 Å². The maximum absolute atomic E-state index is 12.7. The molecule has 7 heteroatoms. The van der Waals surface area contributed by atoms with Crippen molar-refractivity contribution in [3.63, 3.8) is 0 Å². The standard InChI is InChI=1S/C23H14BrClO5/c24-17-8-4-5-9-18(17)30-20-13-28-19-12-15(10-11-16(19)22(20)26)29-23(27)21(25)14-6-2-1-3-7-14/h1-13,21H. The van der Waals surface area contributed by atoms with Crippen LogP contribution >= 0.6 is 27.5 Å². The molecule has 0 aliphatic carbocycles. The number of benzene rings is 3. The zero-order valence-electron chi connectivity index (χ0n) is 15.4. The summed E-state index contributed by atoms with van der Waals surface area (Å²) in [5.41, 5.74) is 0.547. The molecule has 4 rings (SSSR count). The van der Waals surface area contributed by atoms with E-state index in [4.69, 9.17) is 25.5 Å². The number of esters is 1. The summed E-state index contributed by atoms with van der Waals surface area (Å²) in [6.45, 7) is 0. The van der Waals surface area contributed by atoms with Crippen LogP contribution in [0.3, 0.4) is 0 Å². The highest BCUT2D eigenvalue weighted by Crippen LogP contribution is 2.30. The van der Waals surface area contributed by atoms with E-state index in [1.807, 2.05) is 12.1 Å². The molecule has 30 heavy (non-hydrogen) atoms. The number of carbonyl (C=O) groups is 1. The van der Waals surface area contributed by atoms with Gasteiger partial charge in [0.2, 0.25) is 11.2 Å². The molecule has 0 bridgehead atoms. The van der Waals surface area contributed by atoms with E-state index < -0.39 is 11.3 Å². The van der Waals surface area contributed by atoms with Crippen LogP contribution in [0.25, 0.3) is 11.0 Å². The molecule has 0 N–H and O–H groups in total. The third-order valence-corrected chi connectivity index (χ3v) is 5.37. The predicted octanol–water partition coefficient (Wildman–Crippen LogP) is 6.23. The van der Waals surface area contributed by atoms with Gasteiger partial charge in [-0.25, -0.2) is 4.79 Å². The Hall–Kier alpha value is -3.09. The van der Waals surface area contributed by atoms with Gasteiger partial charge in [-0.15, -0.1) is 11.6 Å². The van der Waals surface area contributed by atoms with Crippen molar-refractivity contribution in [1.82, 2.24) is 0 Å². The lowest BCUT2D eigenvalue weighted by Crippen LogP contribution is -2.14. The largest absolute Gasteiger partial charge is 0.460 e. The van der Waals surface area contributed by atoms with Crippen molar-refractivity contribution in [3.8, 4) is 17.2 Å². The molecule has 0 saturated heterocycles. The van der Waals surface area contributed by atoms with E-state index in [0.29, 0.717) is 21.2 Å². The summed E-state index contributed by atoms with van der Waals surface area (Å²) >= 11 is 9.56. The first-order valence-corrected chi connectivity index (χ1v) is 10.1. The molecular formula is C23H14BrClO5. The Balaban J connectivity index is 1.57. The number of carbonyl (C=O) groups excluding carboxylic acids is 1. The summed E-state index contributed by atoms with van der Waals surface area (Å²) in [6, 6.07) is 20.5. The predicted molar refractivity (Wildman–Crippen MR) is 117 cm³/mol. The lowest BCUT2D eigenvalue weighted by Gasteiger charge is -2.10. The first-order chi connectivity index (χ1) is 14.5. The van der Waals surface area contributed by atoms with Gasteiger partial charge in [-0.1, -0.05) is 42.5 Å². The van der Waals surface area contributed by atoms with Gasteiger partial charge in [0.1, 0.15) is 23.3 Å². The Bertz CT molecular complexity index is 1270. The van der Waals surface area contributed by atoms with E-state index in [0.717, 1.165) is 0 Å².